The van der Waals surface area contributed by atoms with Gasteiger partial charge in [-0.3, -0.25) is 0 Å². The first-order valence-electron chi connectivity index (χ1n) is 5.02. The lowest BCUT2D eigenvalue weighted by Crippen LogP contribution is -2.09. The number of thiophene rings is 1. The molecule has 0 unspecified atom stereocenters. The molecule has 0 saturated carbocycles. The lowest BCUT2D eigenvalue weighted by molar-refractivity contribution is 0.293. The maximum absolute atomic E-state index is 13.7. The number of hydrogen-bond acceptors (Lipinski definition) is 3. The predicted octanol–water partition coefficient (Wildman–Crippen LogP) is 3.75. The number of thiocarbonyl (C=S) groups is 1. The van der Waals surface area contributed by atoms with Gasteiger partial charge in [-0.05, 0) is 30.3 Å². The topological polar surface area (TPSA) is 35.2 Å². The molecule has 0 aliphatic rings. The van der Waals surface area contributed by atoms with Crippen LogP contribution >= 0.6 is 35.2 Å². The highest BCUT2D eigenvalue weighted by molar-refractivity contribution is 7.80. The van der Waals surface area contributed by atoms with Gasteiger partial charge >= 0.3 is 0 Å². The molecule has 0 saturated heterocycles. The van der Waals surface area contributed by atoms with Crippen LogP contribution in [0.3, 0.4) is 0 Å². The highest BCUT2D eigenvalue weighted by Gasteiger charge is 2.07. The summed E-state index contributed by atoms with van der Waals surface area (Å²) in [6.07, 6.45) is 0. The van der Waals surface area contributed by atoms with E-state index in [1.807, 2.05) is 6.07 Å². The van der Waals surface area contributed by atoms with Gasteiger partial charge in [-0.2, -0.15) is 0 Å². The summed E-state index contributed by atoms with van der Waals surface area (Å²) in [4.78, 5) is 1.09. The zero-order valence-electron chi connectivity index (χ0n) is 9.15. The molecule has 0 spiro atoms. The van der Waals surface area contributed by atoms with Gasteiger partial charge in [-0.15, -0.1) is 11.3 Å². The van der Waals surface area contributed by atoms with Crippen LogP contribution < -0.4 is 10.5 Å². The average molecular weight is 302 g/mol. The Morgan fingerprint density at radius 1 is 1.39 bits per heavy atom. The number of benzene rings is 1. The lowest BCUT2D eigenvalue weighted by Gasteiger charge is -2.07. The Labute approximate surface area is 118 Å². The number of rotatable bonds is 4. The molecule has 2 aromatic rings. The molecule has 1 aromatic heterocycles. The fourth-order valence-electron chi connectivity index (χ4n) is 1.35. The van der Waals surface area contributed by atoms with Crippen molar-refractivity contribution >= 4 is 40.1 Å². The largest absolute Gasteiger partial charge is 0.485 e. The fourth-order valence-corrected chi connectivity index (χ4v) is 2.48. The van der Waals surface area contributed by atoms with Crippen LogP contribution in [0, 0.1) is 5.82 Å². The summed E-state index contributed by atoms with van der Waals surface area (Å²) < 4.78 is 19.7. The Morgan fingerprint density at radius 2 is 2.17 bits per heavy atom. The second kappa shape index (κ2) is 5.65. The summed E-state index contributed by atoms with van der Waals surface area (Å²) >= 11 is 12.0. The van der Waals surface area contributed by atoms with E-state index in [4.69, 9.17) is 34.3 Å². The van der Waals surface area contributed by atoms with E-state index in [0.717, 1.165) is 4.88 Å². The van der Waals surface area contributed by atoms with Crippen LogP contribution in [0.5, 0.6) is 5.75 Å². The van der Waals surface area contributed by atoms with Gasteiger partial charge in [0, 0.05) is 10.4 Å². The van der Waals surface area contributed by atoms with Crippen molar-refractivity contribution in [2.24, 2.45) is 5.73 Å². The smallest absolute Gasteiger partial charge is 0.165 e. The Kier molecular flexibility index (Phi) is 4.16. The summed E-state index contributed by atoms with van der Waals surface area (Å²) in [5.41, 5.74) is 5.89. The van der Waals surface area contributed by atoms with Gasteiger partial charge in [-0.1, -0.05) is 23.8 Å². The number of ether oxygens (including phenoxy) is 1. The first-order valence-corrected chi connectivity index (χ1v) is 6.63. The summed E-state index contributed by atoms with van der Waals surface area (Å²) in [7, 11) is 0. The Balaban J connectivity index is 2.08. The van der Waals surface area contributed by atoms with Gasteiger partial charge < -0.3 is 10.5 Å². The molecule has 1 aromatic carbocycles. The molecule has 18 heavy (non-hydrogen) atoms. The molecule has 0 aliphatic heterocycles. The van der Waals surface area contributed by atoms with E-state index in [9.17, 15) is 4.39 Å². The minimum Gasteiger partial charge on any atom is -0.485 e. The van der Waals surface area contributed by atoms with Gasteiger partial charge in [-0.25, -0.2) is 4.39 Å². The highest BCUT2D eigenvalue weighted by atomic mass is 35.5. The van der Waals surface area contributed by atoms with E-state index in [1.165, 1.54) is 23.5 Å². The van der Waals surface area contributed by atoms with Crippen LogP contribution in [-0.2, 0) is 6.61 Å². The van der Waals surface area contributed by atoms with Crippen molar-refractivity contribution in [1.82, 2.24) is 0 Å². The molecule has 6 heteroatoms. The third-order valence-electron chi connectivity index (χ3n) is 2.22. The molecule has 1 heterocycles. The van der Waals surface area contributed by atoms with Crippen LogP contribution in [0.15, 0.2) is 30.3 Å². The van der Waals surface area contributed by atoms with Crippen molar-refractivity contribution in [3.63, 3.8) is 0 Å². The third kappa shape index (κ3) is 3.19. The van der Waals surface area contributed by atoms with Gasteiger partial charge in [0.1, 0.15) is 11.6 Å². The maximum Gasteiger partial charge on any atom is 0.165 e. The van der Waals surface area contributed by atoms with Crippen molar-refractivity contribution in [2.75, 3.05) is 0 Å². The van der Waals surface area contributed by atoms with Crippen LogP contribution in [-0.4, -0.2) is 4.99 Å². The molecule has 0 aliphatic carbocycles. The van der Waals surface area contributed by atoms with Crippen LogP contribution in [0.25, 0.3) is 0 Å². The van der Waals surface area contributed by atoms with E-state index < -0.39 is 5.82 Å². The Bertz CT molecular complexity index is 585. The Hall–Kier alpha value is -1.17. The minimum atomic E-state index is -0.483. The normalized spacial score (nSPS) is 10.3. The SMILES string of the molecule is NC(=S)c1ccc(OCc2ccc(Cl)s2)c(F)c1. The monoisotopic (exact) mass is 301 g/mol. The van der Waals surface area contributed by atoms with E-state index in [1.54, 1.807) is 12.1 Å². The van der Waals surface area contributed by atoms with E-state index in [2.05, 4.69) is 0 Å². The van der Waals surface area contributed by atoms with Crippen molar-refractivity contribution in [2.45, 2.75) is 6.61 Å². The van der Waals surface area contributed by atoms with Gasteiger partial charge in [0.05, 0.1) is 4.34 Å². The van der Waals surface area contributed by atoms with Gasteiger partial charge in [0.25, 0.3) is 0 Å². The lowest BCUT2D eigenvalue weighted by atomic mass is 10.2. The summed E-state index contributed by atoms with van der Waals surface area (Å²) in [5, 5.41) is 0. The highest BCUT2D eigenvalue weighted by Crippen LogP contribution is 2.24. The van der Waals surface area contributed by atoms with E-state index in [-0.39, 0.29) is 17.3 Å². The first kappa shape index (κ1) is 13.3. The van der Waals surface area contributed by atoms with Crippen LogP contribution in [0.1, 0.15) is 10.4 Å². The molecule has 2 nitrogen and oxygen atoms in total. The minimum absolute atomic E-state index is 0.158. The van der Waals surface area contributed by atoms with Crippen molar-refractivity contribution < 1.29 is 9.13 Å². The molecule has 2 N–H and O–H groups in total. The average Bonchev–Trinajstić information content (AvgIpc) is 2.73. The summed E-state index contributed by atoms with van der Waals surface area (Å²) in [6.45, 7) is 0.278. The molecule has 94 valence electrons. The zero-order valence-corrected chi connectivity index (χ0v) is 11.5. The maximum atomic E-state index is 13.7. The van der Waals surface area contributed by atoms with Gasteiger partial charge in [0.15, 0.2) is 11.6 Å². The summed E-state index contributed by atoms with van der Waals surface area (Å²) in [6, 6.07) is 8.02. The van der Waals surface area contributed by atoms with Crippen LogP contribution in [0.4, 0.5) is 4.39 Å². The second-order valence-corrected chi connectivity index (χ2v) is 5.74. The molecule has 2 rings (SSSR count). The standard InChI is InChI=1S/C12H9ClFNOS2/c13-11-4-2-8(18-11)6-16-10-3-1-7(12(15)17)5-9(10)14/h1-5H,6H2,(H2,15,17). The van der Waals surface area contributed by atoms with Gasteiger partial charge in [0.2, 0.25) is 0 Å². The summed E-state index contributed by atoms with van der Waals surface area (Å²) in [5.74, 6) is -0.317. The molecular formula is C12H9ClFNOS2. The molecule has 0 amide bonds. The molecule has 0 radical (unpaired) electrons. The number of hydrogen-bond donors (Lipinski definition) is 1. The number of nitrogens with two attached hydrogens (primary N) is 1. The third-order valence-corrected chi connectivity index (χ3v) is 3.66. The first-order chi connectivity index (χ1) is 8.56. The molecule has 0 bridgehead atoms. The predicted molar refractivity (Wildman–Crippen MR) is 75.9 cm³/mol. The molecule has 0 atom stereocenters. The quantitative estimate of drug-likeness (QED) is 0.874. The number of halogens is 2. The zero-order chi connectivity index (χ0) is 13.1. The van der Waals surface area contributed by atoms with E-state index >= 15 is 0 Å². The van der Waals surface area contributed by atoms with Crippen molar-refractivity contribution in [3.8, 4) is 5.75 Å². The van der Waals surface area contributed by atoms with Crippen molar-refractivity contribution in [1.29, 1.82) is 0 Å². The molecular weight excluding hydrogens is 293 g/mol. The van der Waals surface area contributed by atoms with Crippen LogP contribution in [0.2, 0.25) is 4.34 Å². The van der Waals surface area contributed by atoms with E-state index in [0.29, 0.717) is 9.90 Å². The van der Waals surface area contributed by atoms with Crippen molar-refractivity contribution in [3.05, 3.63) is 50.9 Å². The molecule has 0 fully saturated rings. The second-order valence-electron chi connectivity index (χ2n) is 3.50. The fraction of sp³-hybridized carbons (Fsp3) is 0.0833. The Morgan fingerprint density at radius 3 is 2.72 bits per heavy atom.